The Labute approximate surface area is 67.5 Å². The molecule has 0 aromatic rings. The monoisotopic (exact) mass is 150 g/mol. The summed E-state index contributed by atoms with van der Waals surface area (Å²) in [6, 6.07) is 0. The molecular weight excluding hydrogens is 136 g/mol. The molecule has 2 aliphatic rings. The Balaban J connectivity index is 2.32. The van der Waals surface area contributed by atoms with Gasteiger partial charge in [0.2, 0.25) is 0 Å². The van der Waals surface area contributed by atoms with Gasteiger partial charge >= 0.3 is 0 Å². The fraction of sp³-hybridized carbons (Fsp3) is 0.700. The average Bonchev–Trinajstić information content (AvgIpc) is 2.31. The van der Waals surface area contributed by atoms with Gasteiger partial charge < -0.3 is 0 Å². The Morgan fingerprint density at radius 3 is 3.18 bits per heavy atom. The molecule has 0 amide bonds. The summed E-state index contributed by atoms with van der Waals surface area (Å²) in [5.74, 6) is 0.726. The number of rotatable bonds is 0. The van der Waals surface area contributed by atoms with Gasteiger partial charge in [-0.1, -0.05) is 19.4 Å². The van der Waals surface area contributed by atoms with Crippen molar-refractivity contribution in [2.45, 2.75) is 32.6 Å². The molecule has 2 atom stereocenters. The summed E-state index contributed by atoms with van der Waals surface area (Å²) in [6.07, 6.45) is 8.55. The Morgan fingerprint density at radius 1 is 1.64 bits per heavy atom. The summed E-state index contributed by atoms with van der Waals surface area (Å²) in [5.41, 5.74) is 0.325. The standard InChI is InChI=1S/C10H14O/c1-10-6-2-4-8(10)9(11)5-3-7-10/h3,5,8H,2,4,6-7H2,1H3/t8-,10+/m0/s1. The van der Waals surface area contributed by atoms with Gasteiger partial charge in [0.15, 0.2) is 5.78 Å². The highest BCUT2D eigenvalue weighted by Crippen LogP contribution is 2.48. The van der Waals surface area contributed by atoms with Crippen LogP contribution in [0.4, 0.5) is 0 Å². The smallest absolute Gasteiger partial charge is 0.158 e. The summed E-state index contributed by atoms with van der Waals surface area (Å²) >= 11 is 0. The average molecular weight is 150 g/mol. The molecule has 0 aromatic carbocycles. The first kappa shape index (κ1) is 7.08. The zero-order valence-electron chi connectivity index (χ0n) is 6.97. The van der Waals surface area contributed by atoms with E-state index in [0.717, 1.165) is 12.8 Å². The van der Waals surface area contributed by atoms with Crippen LogP contribution in [0.1, 0.15) is 32.6 Å². The largest absolute Gasteiger partial charge is 0.295 e. The van der Waals surface area contributed by atoms with E-state index in [4.69, 9.17) is 0 Å². The SMILES string of the molecule is C[C@@]12CC=CC(=O)[C@@H]1CCC2. The van der Waals surface area contributed by atoms with Crippen molar-refractivity contribution in [3.05, 3.63) is 12.2 Å². The molecule has 0 aliphatic heterocycles. The quantitative estimate of drug-likeness (QED) is 0.518. The van der Waals surface area contributed by atoms with Gasteiger partial charge in [0, 0.05) is 5.92 Å². The van der Waals surface area contributed by atoms with Gasteiger partial charge in [-0.25, -0.2) is 0 Å². The van der Waals surface area contributed by atoms with Crippen LogP contribution in [0.5, 0.6) is 0 Å². The molecule has 0 radical (unpaired) electrons. The molecule has 2 rings (SSSR count). The summed E-state index contributed by atoms with van der Waals surface area (Å²) in [4.78, 5) is 11.4. The second-order valence-electron chi connectivity index (χ2n) is 4.11. The molecule has 1 fully saturated rings. The second-order valence-corrected chi connectivity index (χ2v) is 4.11. The minimum atomic E-state index is 0.325. The second kappa shape index (κ2) is 2.20. The molecule has 0 unspecified atom stereocenters. The summed E-state index contributed by atoms with van der Waals surface area (Å²) in [6.45, 7) is 2.26. The third-order valence-corrected chi connectivity index (χ3v) is 3.29. The molecule has 1 nitrogen and oxygen atoms in total. The molecular formula is C10H14O. The van der Waals surface area contributed by atoms with Gasteiger partial charge in [0.1, 0.15) is 0 Å². The van der Waals surface area contributed by atoms with Crippen LogP contribution < -0.4 is 0 Å². The number of allylic oxidation sites excluding steroid dienone is 2. The maximum Gasteiger partial charge on any atom is 0.158 e. The van der Waals surface area contributed by atoms with Crippen molar-refractivity contribution in [1.29, 1.82) is 0 Å². The van der Waals surface area contributed by atoms with E-state index in [1.165, 1.54) is 12.8 Å². The van der Waals surface area contributed by atoms with Crippen LogP contribution >= 0.6 is 0 Å². The maximum absolute atomic E-state index is 11.4. The minimum absolute atomic E-state index is 0.325. The highest BCUT2D eigenvalue weighted by atomic mass is 16.1. The van der Waals surface area contributed by atoms with Crippen molar-refractivity contribution in [2.75, 3.05) is 0 Å². The molecule has 60 valence electrons. The Hall–Kier alpha value is -0.590. The van der Waals surface area contributed by atoms with Crippen molar-refractivity contribution in [3.63, 3.8) is 0 Å². The van der Waals surface area contributed by atoms with Crippen LogP contribution in [0.25, 0.3) is 0 Å². The van der Waals surface area contributed by atoms with Crippen molar-refractivity contribution in [3.8, 4) is 0 Å². The third-order valence-electron chi connectivity index (χ3n) is 3.29. The number of ketones is 1. The number of fused-ring (bicyclic) bond motifs is 1. The normalized spacial score (nSPS) is 42.6. The van der Waals surface area contributed by atoms with Crippen molar-refractivity contribution >= 4 is 5.78 Å². The van der Waals surface area contributed by atoms with Crippen molar-refractivity contribution in [1.82, 2.24) is 0 Å². The van der Waals surface area contributed by atoms with Gasteiger partial charge in [-0.3, -0.25) is 4.79 Å². The lowest BCUT2D eigenvalue weighted by atomic mass is 9.72. The number of hydrogen-bond donors (Lipinski definition) is 0. The molecule has 2 aliphatic carbocycles. The van der Waals surface area contributed by atoms with Crippen LogP contribution in [0.15, 0.2) is 12.2 Å². The summed E-state index contributed by atoms with van der Waals surface area (Å²) < 4.78 is 0. The summed E-state index contributed by atoms with van der Waals surface area (Å²) in [7, 11) is 0. The zero-order valence-corrected chi connectivity index (χ0v) is 6.97. The molecule has 0 saturated heterocycles. The van der Waals surface area contributed by atoms with E-state index in [1.807, 2.05) is 6.08 Å². The van der Waals surface area contributed by atoms with Crippen molar-refractivity contribution in [2.24, 2.45) is 11.3 Å². The number of hydrogen-bond acceptors (Lipinski definition) is 1. The van der Waals surface area contributed by atoms with E-state index in [-0.39, 0.29) is 0 Å². The summed E-state index contributed by atoms with van der Waals surface area (Å²) in [5, 5.41) is 0. The van der Waals surface area contributed by atoms with E-state index in [9.17, 15) is 4.79 Å². The highest BCUT2D eigenvalue weighted by Gasteiger charge is 2.42. The number of carbonyl (C=O) groups is 1. The first-order chi connectivity index (χ1) is 5.22. The van der Waals surface area contributed by atoms with E-state index in [1.54, 1.807) is 6.08 Å². The molecule has 0 heterocycles. The van der Waals surface area contributed by atoms with Gasteiger partial charge in [-0.05, 0) is 30.8 Å². The van der Waals surface area contributed by atoms with E-state index in [2.05, 4.69) is 6.92 Å². The van der Waals surface area contributed by atoms with E-state index in [0.29, 0.717) is 17.1 Å². The van der Waals surface area contributed by atoms with Crippen LogP contribution in [0.3, 0.4) is 0 Å². The molecule has 0 spiro atoms. The highest BCUT2D eigenvalue weighted by molar-refractivity contribution is 5.93. The maximum atomic E-state index is 11.4. The predicted molar refractivity (Wildman–Crippen MR) is 44.2 cm³/mol. The minimum Gasteiger partial charge on any atom is -0.295 e. The molecule has 0 N–H and O–H groups in total. The lowest BCUT2D eigenvalue weighted by Crippen LogP contribution is -2.29. The molecule has 11 heavy (non-hydrogen) atoms. The first-order valence-electron chi connectivity index (χ1n) is 4.43. The predicted octanol–water partition coefficient (Wildman–Crippen LogP) is 2.32. The van der Waals surface area contributed by atoms with Crippen LogP contribution in [0.2, 0.25) is 0 Å². The lowest BCUT2D eigenvalue weighted by molar-refractivity contribution is -0.121. The van der Waals surface area contributed by atoms with E-state index >= 15 is 0 Å². The van der Waals surface area contributed by atoms with E-state index < -0.39 is 0 Å². The van der Waals surface area contributed by atoms with Gasteiger partial charge in [0.05, 0.1) is 0 Å². The Kier molecular flexibility index (Phi) is 1.41. The van der Waals surface area contributed by atoms with Gasteiger partial charge in [0.25, 0.3) is 0 Å². The van der Waals surface area contributed by atoms with Gasteiger partial charge in [-0.15, -0.1) is 0 Å². The van der Waals surface area contributed by atoms with Gasteiger partial charge in [-0.2, -0.15) is 0 Å². The topological polar surface area (TPSA) is 17.1 Å². The molecule has 0 bridgehead atoms. The first-order valence-corrected chi connectivity index (χ1v) is 4.43. The zero-order chi connectivity index (χ0) is 7.90. The Bertz CT molecular complexity index is 217. The van der Waals surface area contributed by atoms with Crippen molar-refractivity contribution < 1.29 is 4.79 Å². The fourth-order valence-electron chi connectivity index (χ4n) is 2.52. The molecule has 0 aromatic heterocycles. The van der Waals surface area contributed by atoms with Crippen LogP contribution in [-0.2, 0) is 4.79 Å². The molecule has 1 saturated carbocycles. The Morgan fingerprint density at radius 2 is 2.45 bits per heavy atom. The third kappa shape index (κ3) is 0.943. The number of carbonyl (C=O) groups excluding carboxylic acids is 1. The lowest BCUT2D eigenvalue weighted by Gasteiger charge is -2.31. The van der Waals surface area contributed by atoms with Crippen LogP contribution in [-0.4, -0.2) is 5.78 Å². The van der Waals surface area contributed by atoms with Crippen LogP contribution in [0, 0.1) is 11.3 Å². The molecule has 1 heteroatoms. The fourth-order valence-corrected chi connectivity index (χ4v) is 2.52.